The van der Waals surface area contributed by atoms with E-state index in [9.17, 15) is 4.79 Å². The fourth-order valence-corrected chi connectivity index (χ4v) is 3.47. The maximum atomic E-state index is 12.8. The summed E-state index contributed by atoms with van der Waals surface area (Å²) >= 11 is 0. The largest absolute Gasteiger partial charge is 0.358 e. The lowest BCUT2D eigenvalue weighted by Crippen LogP contribution is -2.25. The number of rotatable bonds is 9. The monoisotopic (exact) mass is 398 g/mol. The van der Waals surface area contributed by atoms with E-state index >= 15 is 0 Å². The van der Waals surface area contributed by atoms with Gasteiger partial charge in [-0.25, -0.2) is 0 Å². The minimum atomic E-state index is -0.0834. The molecule has 3 nitrogen and oxygen atoms in total. The SMILES string of the molecule is C=C(Nc1ccc(C(=O)CCc2ccc(-c3ccccc3)cc2)c(C)c1)C(N)CC. The van der Waals surface area contributed by atoms with Crippen molar-refractivity contribution >= 4 is 11.5 Å². The molecule has 0 amide bonds. The minimum Gasteiger partial charge on any atom is -0.358 e. The lowest BCUT2D eigenvalue weighted by molar-refractivity contribution is 0.0982. The zero-order valence-corrected chi connectivity index (χ0v) is 17.8. The normalized spacial score (nSPS) is 11.7. The highest BCUT2D eigenvalue weighted by atomic mass is 16.1. The number of Topliss-reactive ketones (excluding diaryl/α,β-unsaturated/α-hetero) is 1. The van der Waals surface area contributed by atoms with Crippen molar-refractivity contribution in [2.24, 2.45) is 5.73 Å². The van der Waals surface area contributed by atoms with Gasteiger partial charge in [-0.1, -0.05) is 68.1 Å². The van der Waals surface area contributed by atoms with Gasteiger partial charge in [-0.2, -0.15) is 0 Å². The molecule has 3 aromatic carbocycles. The highest BCUT2D eigenvalue weighted by molar-refractivity contribution is 5.98. The van der Waals surface area contributed by atoms with Gasteiger partial charge in [-0.05, 0) is 60.2 Å². The van der Waals surface area contributed by atoms with Crippen LogP contribution < -0.4 is 11.1 Å². The van der Waals surface area contributed by atoms with Crippen LogP contribution in [0.5, 0.6) is 0 Å². The van der Waals surface area contributed by atoms with Crippen LogP contribution in [0, 0.1) is 6.92 Å². The van der Waals surface area contributed by atoms with Crippen molar-refractivity contribution in [2.45, 2.75) is 39.2 Å². The van der Waals surface area contributed by atoms with Gasteiger partial charge in [0.1, 0.15) is 0 Å². The molecule has 0 fully saturated rings. The van der Waals surface area contributed by atoms with Crippen LogP contribution in [-0.4, -0.2) is 11.8 Å². The van der Waals surface area contributed by atoms with Gasteiger partial charge in [0.2, 0.25) is 0 Å². The van der Waals surface area contributed by atoms with Crippen LogP contribution in [0.15, 0.2) is 85.1 Å². The Balaban J connectivity index is 1.60. The molecule has 1 unspecified atom stereocenters. The summed E-state index contributed by atoms with van der Waals surface area (Å²) in [6, 6.07) is 24.5. The van der Waals surface area contributed by atoms with E-state index in [1.165, 1.54) is 16.7 Å². The van der Waals surface area contributed by atoms with Crippen molar-refractivity contribution in [1.82, 2.24) is 0 Å². The van der Waals surface area contributed by atoms with Crippen LogP contribution in [0.3, 0.4) is 0 Å². The van der Waals surface area contributed by atoms with E-state index in [-0.39, 0.29) is 11.8 Å². The van der Waals surface area contributed by atoms with E-state index in [1.54, 1.807) is 0 Å². The third-order valence-electron chi connectivity index (χ3n) is 5.42. The van der Waals surface area contributed by atoms with Crippen molar-refractivity contribution in [2.75, 3.05) is 5.32 Å². The quantitative estimate of drug-likeness (QED) is 0.426. The first kappa shape index (κ1) is 21.5. The molecule has 0 bridgehead atoms. The smallest absolute Gasteiger partial charge is 0.163 e. The third kappa shape index (κ3) is 5.46. The van der Waals surface area contributed by atoms with Gasteiger partial charge in [-0.3, -0.25) is 4.79 Å². The van der Waals surface area contributed by atoms with Gasteiger partial charge in [0.15, 0.2) is 5.78 Å². The number of hydrogen-bond acceptors (Lipinski definition) is 3. The van der Waals surface area contributed by atoms with Gasteiger partial charge < -0.3 is 11.1 Å². The van der Waals surface area contributed by atoms with Crippen molar-refractivity contribution in [3.63, 3.8) is 0 Å². The van der Waals surface area contributed by atoms with Gasteiger partial charge in [0.25, 0.3) is 0 Å². The summed E-state index contributed by atoms with van der Waals surface area (Å²) in [5.74, 6) is 0.162. The molecule has 0 aromatic heterocycles. The molecule has 3 rings (SSSR count). The van der Waals surface area contributed by atoms with E-state index in [1.807, 2.05) is 50.2 Å². The van der Waals surface area contributed by atoms with E-state index in [0.717, 1.165) is 35.4 Å². The standard InChI is InChI=1S/C27H30N2O/c1-4-26(28)20(3)29-24-15-16-25(19(2)18-24)27(30)17-12-21-10-13-23(14-11-21)22-8-6-5-7-9-22/h5-11,13-16,18,26,29H,3-4,12,17,28H2,1-2H3. The van der Waals surface area contributed by atoms with E-state index in [4.69, 9.17) is 5.73 Å². The number of aryl methyl sites for hydroxylation is 2. The second-order valence-electron chi connectivity index (χ2n) is 7.68. The number of carbonyl (C=O) groups is 1. The van der Waals surface area contributed by atoms with E-state index < -0.39 is 0 Å². The lowest BCUT2D eigenvalue weighted by atomic mass is 9.97. The third-order valence-corrected chi connectivity index (χ3v) is 5.42. The zero-order valence-electron chi connectivity index (χ0n) is 17.8. The Labute approximate surface area is 179 Å². The van der Waals surface area contributed by atoms with Crippen LogP contribution in [0.25, 0.3) is 11.1 Å². The molecule has 0 saturated carbocycles. The van der Waals surface area contributed by atoms with Crippen LogP contribution in [0.2, 0.25) is 0 Å². The summed E-state index contributed by atoms with van der Waals surface area (Å²) in [4.78, 5) is 12.8. The summed E-state index contributed by atoms with van der Waals surface area (Å²) in [6.07, 6.45) is 2.05. The first-order valence-electron chi connectivity index (χ1n) is 10.5. The fraction of sp³-hybridized carbons (Fsp3) is 0.222. The predicted octanol–water partition coefficient (Wildman–Crippen LogP) is 6.14. The molecule has 0 aliphatic carbocycles. The highest BCUT2D eigenvalue weighted by Crippen LogP contribution is 2.22. The summed E-state index contributed by atoms with van der Waals surface area (Å²) in [5.41, 5.74) is 13.0. The molecule has 0 aliphatic rings. The van der Waals surface area contributed by atoms with Crippen molar-refractivity contribution < 1.29 is 4.79 Å². The Morgan fingerprint density at radius 1 is 1.00 bits per heavy atom. The average molecular weight is 399 g/mol. The molecule has 154 valence electrons. The first-order valence-corrected chi connectivity index (χ1v) is 10.5. The number of nitrogens with one attached hydrogen (secondary N) is 1. The Morgan fingerprint density at radius 2 is 1.67 bits per heavy atom. The molecule has 0 aliphatic heterocycles. The Hall–Kier alpha value is -3.17. The molecule has 30 heavy (non-hydrogen) atoms. The summed E-state index contributed by atoms with van der Waals surface area (Å²) in [7, 11) is 0. The van der Waals surface area contributed by atoms with Crippen molar-refractivity contribution in [1.29, 1.82) is 0 Å². The average Bonchev–Trinajstić information content (AvgIpc) is 2.78. The molecule has 0 heterocycles. The molecule has 0 radical (unpaired) electrons. The number of carbonyl (C=O) groups excluding carboxylic acids is 1. The molecule has 3 aromatic rings. The highest BCUT2D eigenvalue weighted by Gasteiger charge is 2.11. The van der Waals surface area contributed by atoms with Crippen LogP contribution >= 0.6 is 0 Å². The Kier molecular flexibility index (Phi) is 7.21. The maximum Gasteiger partial charge on any atom is 0.163 e. The molecule has 3 N–H and O–H groups in total. The molecular formula is C27H30N2O. The van der Waals surface area contributed by atoms with Crippen molar-refractivity contribution in [3.8, 4) is 11.1 Å². The molecule has 1 atom stereocenters. The summed E-state index contributed by atoms with van der Waals surface area (Å²) < 4.78 is 0. The molecular weight excluding hydrogens is 368 g/mol. The second-order valence-corrected chi connectivity index (χ2v) is 7.68. The van der Waals surface area contributed by atoms with Crippen LogP contribution in [0.4, 0.5) is 5.69 Å². The second kappa shape index (κ2) is 10.0. The number of anilines is 1. The number of ketones is 1. The van der Waals surface area contributed by atoms with Gasteiger partial charge >= 0.3 is 0 Å². The lowest BCUT2D eigenvalue weighted by Gasteiger charge is -2.16. The summed E-state index contributed by atoms with van der Waals surface area (Å²) in [5, 5.41) is 3.25. The fourth-order valence-electron chi connectivity index (χ4n) is 3.47. The number of hydrogen-bond donors (Lipinski definition) is 2. The number of benzene rings is 3. The van der Waals surface area contributed by atoms with Gasteiger partial charge in [0, 0.05) is 29.4 Å². The van der Waals surface area contributed by atoms with Crippen molar-refractivity contribution in [3.05, 3.63) is 102 Å². The predicted molar refractivity (Wildman–Crippen MR) is 127 cm³/mol. The molecule has 0 spiro atoms. The zero-order chi connectivity index (χ0) is 21.5. The number of nitrogens with two attached hydrogens (primary N) is 1. The minimum absolute atomic E-state index is 0.0834. The van der Waals surface area contributed by atoms with E-state index in [0.29, 0.717) is 6.42 Å². The first-order chi connectivity index (χ1) is 14.5. The summed E-state index contributed by atoms with van der Waals surface area (Å²) in [6.45, 7) is 7.99. The van der Waals surface area contributed by atoms with Crippen LogP contribution in [0.1, 0.15) is 41.3 Å². The Morgan fingerprint density at radius 3 is 2.30 bits per heavy atom. The van der Waals surface area contributed by atoms with E-state index in [2.05, 4.69) is 48.3 Å². The van der Waals surface area contributed by atoms with Gasteiger partial charge in [-0.15, -0.1) is 0 Å². The van der Waals surface area contributed by atoms with Gasteiger partial charge in [0.05, 0.1) is 0 Å². The van der Waals surface area contributed by atoms with Crippen LogP contribution in [-0.2, 0) is 6.42 Å². The topological polar surface area (TPSA) is 55.1 Å². The maximum absolute atomic E-state index is 12.8. The molecule has 0 saturated heterocycles. The Bertz CT molecular complexity index is 1010. The molecule has 3 heteroatoms.